The summed E-state index contributed by atoms with van der Waals surface area (Å²) in [6.45, 7) is 0. The third-order valence-corrected chi connectivity index (χ3v) is 0.338. The zero-order chi connectivity index (χ0) is 4.99. The van der Waals surface area contributed by atoms with Crippen molar-refractivity contribution >= 4 is 31.3 Å². The summed E-state index contributed by atoms with van der Waals surface area (Å²) in [4.78, 5) is 0. The Kier molecular flexibility index (Phi) is 10.1. The summed E-state index contributed by atoms with van der Waals surface area (Å²) in [7, 11) is -3.16. The van der Waals surface area contributed by atoms with Gasteiger partial charge in [0.05, 0.1) is 0 Å². The van der Waals surface area contributed by atoms with Gasteiger partial charge in [0.15, 0.2) is 0 Å². The molecule has 40 valence electrons. The van der Waals surface area contributed by atoms with Crippen molar-refractivity contribution in [1.82, 2.24) is 0 Å². The minimum Gasteiger partial charge on any atom is -1.00 e. The number of rotatable bonds is 2. The molecule has 0 radical (unpaired) electrons. The molecule has 0 aromatic heterocycles. The van der Waals surface area contributed by atoms with Gasteiger partial charge in [-0.1, -0.05) is 0 Å². The van der Waals surface area contributed by atoms with Gasteiger partial charge < -0.3 is 2.85 Å². The van der Waals surface area contributed by atoms with Crippen LogP contribution in [-0.4, -0.2) is 23.1 Å². The van der Waals surface area contributed by atoms with Gasteiger partial charge in [0, 0.05) is 13.6 Å². The molecule has 0 heterocycles. The van der Waals surface area contributed by atoms with E-state index >= 15 is 0 Å². The van der Waals surface area contributed by atoms with Gasteiger partial charge in [-0.25, -0.2) is 0 Å². The molecule has 0 atom stereocenters. The molecule has 0 N–H and O–H groups in total. The van der Waals surface area contributed by atoms with Crippen LogP contribution in [0.1, 0.15) is 2.85 Å². The second-order valence-corrected chi connectivity index (χ2v) is 1.08. The second kappa shape index (κ2) is 6.65. The maximum absolute atomic E-state index is 10.2. The molecule has 7 heteroatoms. The van der Waals surface area contributed by atoms with E-state index in [2.05, 4.69) is 9.46 Å². The molecule has 0 fully saturated rings. The summed E-state index contributed by atoms with van der Waals surface area (Å²) in [5.41, 5.74) is 0. The van der Waals surface area contributed by atoms with Crippen molar-refractivity contribution in [3.63, 3.8) is 0 Å². The molecule has 0 aliphatic rings. The molecule has 0 saturated heterocycles. The topological polar surface area (TPSA) is 35.5 Å². The molecule has 0 aromatic rings. The van der Waals surface area contributed by atoms with Crippen molar-refractivity contribution < 1.29 is 25.9 Å². The van der Waals surface area contributed by atoms with E-state index in [-0.39, 0.29) is 25.9 Å². The molecule has 0 aromatic carbocycles. The summed E-state index contributed by atoms with van der Waals surface area (Å²) in [6, 6.07) is 0. The predicted octanol–water partition coefficient (Wildman–Crippen LogP) is 1.29. The SMILES string of the molecule is O=[P+](OF)OF.[H-].[H-].[Mg+2]. The fourth-order valence-corrected chi connectivity index (χ4v) is 0.0319. The van der Waals surface area contributed by atoms with Crippen molar-refractivity contribution in [3.05, 3.63) is 0 Å². The van der Waals surface area contributed by atoms with E-state index in [1.165, 1.54) is 0 Å². The van der Waals surface area contributed by atoms with E-state index in [4.69, 9.17) is 4.57 Å². The van der Waals surface area contributed by atoms with E-state index in [9.17, 15) is 9.05 Å². The maximum Gasteiger partial charge on any atom is 2.00 e. The first kappa shape index (κ1) is 10.6. The van der Waals surface area contributed by atoms with Gasteiger partial charge in [-0.15, -0.1) is 0 Å². The van der Waals surface area contributed by atoms with E-state index in [1.807, 2.05) is 0 Å². The van der Waals surface area contributed by atoms with Crippen LogP contribution in [0.2, 0.25) is 0 Å². The summed E-state index contributed by atoms with van der Waals surface area (Å²) in [5, 5.41) is 0. The van der Waals surface area contributed by atoms with Gasteiger partial charge in [0.25, 0.3) is 0 Å². The first-order chi connectivity index (χ1) is 2.81. The largest absolute Gasteiger partial charge is 2.00 e. The summed E-state index contributed by atoms with van der Waals surface area (Å²) in [5.74, 6) is 0. The number of hydrogen-bond donors (Lipinski definition) is 0. The van der Waals surface area contributed by atoms with Gasteiger partial charge in [-0.05, 0) is 0 Å². The zero-order valence-corrected chi connectivity index (χ0v) is 5.44. The Balaban J connectivity index is -0.0000000417. The van der Waals surface area contributed by atoms with Crippen LogP contribution in [0.3, 0.4) is 0 Å². The summed E-state index contributed by atoms with van der Waals surface area (Å²) in [6.07, 6.45) is 0. The standard InChI is InChI=1S/F2O3P.Mg.2H/c1-4-6(3)5-2;;;/q+1;+2;2*-1. The van der Waals surface area contributed by atoms with Crippen LogP contribution >= 0.6 is 8.25 Å². The average molecular weight is 143 g/mol. The van der Waals surface area contributed by atoms with E-state index in [1.54, 1.807) is 0 Å². The normalized spacial score (nSPS) is 7.14. The molecule has 0 aliphatic heterocycles. The van der Waals surface area contributed by atoms with Gasteiger partial charge in [-0.3, -0.25) is 0 Å². The van der Waals surface area contributed by atoms with Crippen LogP contribution in [-0.2, 0) is 14.0 Å². The first-order valence-corrected chi connectivity index (χ1v) is 1.95. The van der Waals surface area contributed by atoms with Crippen LogP contribution in [0.5, 0.6) is 0 Å². The third kappa shape index (κ3) is 6.65. The van der Waals surface area contributed by atoms with Crippen molar-refractivity contribution in [2.45, 2.75) is 0 Å². The quantitative estimate of drug-likeness (QED) is 0.431. The molecule has 0 saturated carbocycles. The van der Waals surface area contributed by atoms with Crippen molar-refractivity contribution in [1.29, 1.82) is 0 Å². The number of hydrogen-bond acceptors (Lipinski definition) is 3. The molecule has 0 aliphatic carbocycles. The van der Waals surface area contributed by atoms with Crippen LogP contribution < -0.4 is 0 Å². The van der Waals surface area contributed by atoms with E-state index in [0.29, 0.717) is 0 Å². The Bertz CT molecular complexity index is 57.8. The van der Waals surface area contributed by atoms with E-state index in [0.717, 1.165) is 0 Å². The molecule has 0 bridgehead atoms. The second-order valence-electron chi connectivity index (χ2n) is 0.362. The van der Waals surface area contributed by atoms with Crippen LogP contribution in [0.4, 0.5) is 9.05 Å². The molecule has 7 heavy (non-hydrogen) atoms. The van der Waals surface area contributed by atoms with Crippen LogP contribution in [0, 0.1) is 0 Å². The Hall–Kier alpha value is 0.646. The predicted molar refractivity (Wildman–Crippen MR) is 20.0 cm³/mol. The van der Waals surface area contributed by atoms with Gasteiger partial charge in [0.1, 0.15) is 9.46 Å². The zero-order valence-electron chi connectivity index (χ0n) is 5.13. The third-order valence-electron chi connectivity index (χ3n) is 0.113. The number of halogens is 2. The Morgan fingerprint density at radius 1 is 1.43 bits per heavy atom. The molecular weight excluding hydrogens is 141 g/mol. The van der Waals surface area contributed by atoms with Crippen molar-refractivity contribution in [3.8, 4) is 0 Å². The van der Waals surface area contributed by atoms with Crippen LogP contribution in [0.15, 0.2) is 0 Å². The monoisotopic (exact) mass is 143 g/mol. The minimum atomic E-state index is -3.16. The summed E-state index contributed by atoms with van der Waals surface area (Å²) < 4.78 is 34.2. The smallest absolute Gasteiger partial charge is 1.00 e. The fourth-order valence-electron chi connectivity index (χ4n) is 0.0106. The van der Waals surface area contributed by atoms with Gasteiger partial charge >= 0.3 is 31.3 Å². The molecule has 0 rings (SSSR count). The minimum absolute atomic E-state index is 0. The summed E-state index contributed by atoms with van der Waals surface area (Å²) >= 11 is 0. The van der Waals surface area contributed by atoms with Gasteiger partial charge in [0.2, 0.25) is 0 Å². The van der Waals surface area contributed by atoms with Gasteiger partial charge in [-0.2, -0.15) is 0 Å². The Morgan fingerprint density at radius 2 is 1.71 bits per heavy atom. The molecular formula is H2F2MgO3P+. The average Bonchev–Trinajstić information content (AvgIpc) is 1.65. The van der Waals surface area contributed by atoms with Crippen molar-refractivity contribution in [2.24, 2.45) is 0 Å². The molecule has 0 amide bonds. The molecule has 0 spiro atoms. The van der Waals surface area contributed by atoms with E-state index < -0.39 is 8.25 Å². The molecule has 3 nitrogen and oxygen atoms in total. The van der Waals surface area contributed by atoms with Crippen molar-refractivity contribution in [2.75, 3.05) is 0 Å². The Morgan fingerprint density at radius 3 is 1.71 bits per heavy atom. The van der Waals surface area contributed by atoms with Crippen LogP contribution in [0.25, 0.3) is 0 Å². The maximum atomic E-state index is 10.2. The molecule has 0 unspecified atom stereocenters. The first-order valence-electron chi connectivity index (χ1n) is 0.856. The fraction of sp³-hybridized carbons (Fsp3) is 0. The Labute approximate surface area is 57.9 Å².